The quantitative estimate of drug-likeness (QED) is 0.284. The first kappa shape index (κ1) is 27.4. The van der Waals surface area contributed by atoms with E-state index in [0.29, 0.717) is 11.3 Å². The van der Waals surface area contributed by atoms with E-state index in [1.54, 1.807) is 0 Å². The number of rotatable bonds is 11. The van der Waals surface area contributed by atoms with Gasteiger partial charge in [-0.15, -0.1) is 11.8 Å². The molecule has 7 nitrogen and oxygen atoms in total. The van der Waals surface area contributed by atoms with Crippen LogP contribution in [0.3, 0.4) is 0 Å². The Morgan fingerprint density at radius 1 is 1.23 bits per heavy atom. The minimum atomic E-state index is -3.93. The molecule has 1 fully saturated rings. The number of para-hydroxylation sites is 1. The highest BCUT2D eigenvalue weighted by atomic mass is 32.2. The number of allylic oxidation sites excluding steroid dienone is 1. The number of anilines is 1. The number of hydrogen-bond donors (Lipinski definition) is 2. The van der Waals surface area contributed by atoms with Crippen molar-refractivity contribution >= 4 is 33.4 Å². The maximum atomic E-state index is 14.0. The highest BCUT2D eigenvalue weighted by Gasteiger charge is 2.50. The van der Waals surface area contributed by atoms with Crippen LogP contribution in [0.25, 0.3) is 0 Å². The number of carboxylic acids is 1. The molecule has 192 valence electrons. The lowest BCUT2D eigenvalue weighted by atomic mass is 9.81. The predicted octanol–water partition coefficient (Wildman–Crippen LogP) is 5.74. The van der Waals surface area contributed by atoms with E-state index in [1.807, 2.05) is 47.7 Å². The number of hydrogen-bond acceptors (Lipinski definition) is 6. The number of sulfonamides is 1. The average Bonchev–Trinajstić information content (AvgIpc) is 2.81. The van der Waals surface area contributed by atoms with E-state index in [4.69, 9.17) is 9.84 Å². The van der Waals surface area contributed by atoms with Crippen LogP contribution < -0.4 is 9.62 Å². The van der Waals surface area contributed by atoms with Gasteiger partial charge in [-0.05, 0) is 44.6 Å². The van der Waals surface area contributed by atoms with Gasteiger partial charge in [0.25, 0.3) is 0 Å². The fourth-order valence-corrected chi connectivity index (χ4v) is 7.38. The molecule has 2 aliphatic rings. The summed E-state index contributed by atoms with van der Waals surface area (Å²) in [6.07, 6.45) is 10.7. The summed E-state index contributed by atoms with van der Waals surface area (Å²) < 4.78 is 36.9. The molecule has 0 spiro atoms. The van der Waals surface area contributed by atoms with Crippen LogP contribution in [0.5, 0.6) is 0 Å². The maximum Gasteiger partial charge on any atom is 0.331 e. The highest BCUT2D eigenvalue weighted by molar-refractivity contribution is 8.02. The molecular formula is C26H36N2O5S2. The van der Waals surface area contributed by atoms with Crippen molar-refractivity contribution in [1.29, 1.82) is 0 Å². The van der Waals surface area contributed by atoms with Crippen LogP contribution in [0.4, 0.5) is 5.69 Å². The molecule has 0 bridgehead atoms. The van der Waals surface area contributed by atoms with Gasteiger partial charge in [-0.2, -0.15) is 0 Å². The molecule has 9 heteroatoms. The number of ether oxygens (including phenoxy) is 1. The largest absolute Gasteiger partial charge is 0.478 e. The number of carboxylic acid groups (broad SMARTS) is 1. The van der Waals surface area contributed by atoms with Gasteiger partial charge in [0, 0.05) is 17.4 Å². The van der Waals surface area contributed by atoms with E-state index in [0.717, 1.165) is 50.3 Å². The number of unbranched alkanes of at least 4 members (excludes halogenated alkanes) is 2. The van der Waals surface area contributed by atoms with Crippen molar-refractivity contribution in [2.24, 2.45) is 0 Å². The summed E-state index contributed by atoms with van der Waals surface area (Å²) in [5, 5.41) is 9.16. The molecule has 35 heavy (non-hydrogen) atoms. The SMILES string of the molecule is CCCCC1(CCCC)CC2C(=C(O/C(C)=C/C(=O)O)C(SC)=CN2c2ccccc2)S(=O)(=O)N1. The zero-order valence-corrected chi connectivity index (χ0v) is 22.5. The standard InChI is InChI=1S/C26H36N2O5S2/c1-5-7-14-26(15-8-6-2)17-21-25(35(31,32)27-26)24(33-19(3)16-23(29)30)22(34-4)18-28(21)20-12-10-9-11-13-20/h9-13,16,18,21,27H,5-8,14-15,17H2,1-4H3,(H,29,30)/b19-16+. The van der Waals surface area contributed by atoms with Crippen molar-refractivity contribution in [3.05, 3.63) is 63.9 Å². The Morgan fingerprint density at radius 2 is 1.86 bits per heavy atom. The monoisotopic (exact) mass is 520 g/mol. The van der Waals surface area contributed by atoms with E-state index < -0.39 is 27.6 Å². The highest BCUT2D eigenvalue weighted by Crippen LogP contribution is 2.46. The number of fused-ring (bicyclic) bond motifs is 1. The number of benzene rings is 1. The van der Waals surface area contributed by atoms with Crippen LogP contribution in [-0.2, 0) is 19.6 Å². The third-order valence-corrected chi connectivity index (χ3v) is 8.92. The summed E-state index contributed by atoms with van der Waals surface area (Å²) in [7, 11) is -3.93. The fourth-order valence-electron chi connectivity index (χ4n) is 4.84. The number of nitrogens with one attached hydrogen (secondary N) is 1. The van der Waals surface area contributed by atoms with Gasteiger partial charge >= 0.3 is 5.97 Å². The van der Waals surface area contributed by atoms with E-state index >= 15 is 0 Å². The maximum absolute atomic E-state index is 14.0. The molecule has 1 saturated heterocycles. The Kier molecular flexibility index (Phi) is 9.12. The molecule has 0 aromatic heterocycles. The molecule has 0 amide bonds. The van der Waals surface area contributed by atoms with Crippen molar-refractivity contribution in [1.82, 2.24) is 4.72 Å². The Labute approximate surface area is 213 Å². The van der Waals surface area contributed by atoms with Crippen LogP contribution in [0.2, 0.25) is 0 Å². The van der Waals surface area contributed by atoms with Gasteiger partial charge < -0.3 is 14.7 Å². The number of thioether (sulfide) groups is 1. The van der Waals surface area contributed by atoms with Gasteiger partial charge in [0.05, 0.1) is 17.0 Å². The fraction of sp³-hybridized carbons (Fsp3) is 0.500. The van der Waals surface area contributed by atoms with E-state index in [1.165, 1.54) is 18.7 Å². The normalized spacial score (nSPS) is 21.4. The van der Waals surface area contributed by atoms with Crippen LogP contribution in [0.1, 0.15) is 65.7 Å². The first-order chi connectivity index (χ1) is 16.7. The van der Waals surface area contributed by atoms with Crippen molar-refractivity contribution < 1.29 is 23.1 Å². The predicted molar refractivity (Wildman–Crippen MR) is 142 cm³/mol. The molecule has 0 radical (unpaired) electrons. The van der Waals surface area contributed by atoms with Crippen LogP contribution >= 0.6 is 11.8 Å². The average molecular weight is 521 g/mol. The Bertz CT molecular complexity index is 1100. The van der Waals surface area contributed by atoms with E-state index in [-0.39, 0.29) is 16.4 Å². The molecule has 0 aliphatic carbocycles. The molecule has 0 saturated carbocycles. The molecule has 1 aromatic carbocycles. The molecule has 2 N–H and O–H groups in total. The van der Waals surface area contributed by atoms with Gasteiger partial charge in [-0.25, -0.2) is 17.9 Å². The summed E-state index contributed by atoms with van der Waals surface area (Å²) in [6.45, 7) is 5.75. The Morgan fingerprint density at radius 3 is 2.40 bits per heavy atom. The molecule has 2 heterocycles. The minimum absolute atomic E-state index is 0.121. The summed E-state index contributed by atoms with van der Waals surface area (Å²) in [5.74, 6) is -0.823. The van der Waals surface area contributed by atoms with Crippen LogP contribution in [0.15, 0.2) is 63.9 Å². The van der Waals surface area contributed by atoms with Gasteiger partial charge in [0.15, 0.2) is 5.76 Å². The molecular weight excluding hydrogens is 484 g/mol. The zero-order valence-electron chi connectivity index (χ0n) is 20.9. The van der Waals surface area contributed by atoms with Gasteiger partial charge in [-0.1, -0.05) is 57.7 Å². The smallest absolute Gasteiger partial charge is 0.331 e. The summed E-state index contributed by atoms with van der Waals surface area (Å²) in [6, 6.07) is 9.29. The second-order valence-corrected chi connectivity index (χ2v) is 11.6. The lowest BCUT2D eigenvalue weighted by Gasteiger charge is -2.48. The van der Waals surface area contributed by atoms with Gasteiger partial charge in [0.2, 0.25) is 10.0 Å². The molecule has 1 aromatic rings. The lowest BCUT2D eigenvalue weighted by Crippen LogP contribution is -2.60. The summed E-state index contributed by atoms with van der Waals surface area (Å²) in [4.78, 5) is 14.0. The Hall–Kier alpha value is -2.23. The molecule has 1 atom stereocenters. The van der Waals surface area contributed by atoms with E-state index in [9.17, 15) is 13.2 Å². The molecule has 1 unspecified atom stereocenters. The van der Waals surface area contributed by atoms with Crippen LogP contribution in [-0.4, -0.2) is 37.3 Å². The van der Waals surface area contributed by atoms with Gasteiger partial charge in [-0.3, -0.25) is 0 Å². The Balaban J connectivity index is 2.21. The molecule has 2 aliphatic heterocycles. The minimum Gasteiger partial charge on any atom is -0.478 e. The van der Waals surface area contributed by atoms with Crippen molar-refractivity contribution in [3.8, 4) is 0 Å². The lowest BCUT2D eigenvalue weighted by molar-refractivity contribution is -0.131. The van der Waals surface area contributed by atoms with Crippen molar-refractivity contribution in [2.75, 3.05) is 11.2 Å². The third kappa shape index (κ3) is 6.32. The second-order valence-electron chi connectivity index (χ2n) is 9.14. The topological polar surface area (TPSA) is 95.9 Å². The number of nitrogens with zero attached hydrogens (tertiary/aromatic N) is 1. The molecule has 3 rings (SSSR count). The summed E-state index contributed by atoms with van der Waals surface area (Å²) >= 11 is 1.37. The van der Waals surface area contributed by atoms with E-state index in [2.05, 4.69) is 18.6 Å². The van der Waals surface area contributed by atoms with Crippen molar-refractivity contribution in [2.45, 2.75) is 77.3 Å². The first-order valence-corrected chi connectivity index (χ1v) is 14.8. The number of carbonyl (C=O) groups is 1. The third-order valence-electron chi connectivity index (χ3n) is 6.45. The van der Waals surface area contributed by atoms with Crippen LogP contribution in [0, 0.1) is 0 Å². The summed E-state index contributed by atoms with van der Waals surface area (Å²) in [5.41, 5.74) is 0.351. The number of aliphatic carboxylic acids is 1. The van der Waals surface area contributed by atoms with Gasteiger partial charge in [0.1, 0.15) is 10.7 Å². The second kappa shape index (κ2) is 11.7. The van der Waals surface area contributed by atoms with Crippen molar-refractivity contribution in [3.63, 3.8) is 0 Å². The zero-order chi connectivity index (χ0) is 25.6. The first-order valence-electron chi connectivity index (χ1n) is 12.1.